The van der Waals surface area contributed by atoms with Gasteiger partial charge in [-0.3, -0.25) is 19.1 Å². The second-order valence-electron chi connectivity index (χ2n) is 10.2. The van der Waals surface area contributed by atoms with Gasteiger partial charge in [0.1, 0.15) is 5.69 Å². The van der Waals surface area contributed by atoms with Gasteiger partial charge in [0, 0.05) is 56.8 Å². The molecule has 2 aliphatic rings. The highest BCUT2D eigenvalue weighted by atomic mass is 35.5. The zero-order valence-corrected chi connectivity index (χ0v) is 22.8. The molecular formula is C26H26ClF3N10O2. The maximum absolute atomic E-state index is 13.4. The van der Waals surface area contributed by atoms with Gasteiger partial charge in [-0.25, -0.2) is 9.97 Å². The molecule has 1 aromatic carbocycles. The second-order valence-corrected chi connectivity index (χ2v) is 10.6. The minimum atomic E-state index is -4.62. The lowest BCUT2D eigenvalue weighted by molar-refractivity contribution is -0.140. The molecule has 5 heterocycles. The van der Waals surface area contributed by atoms with Crippen LogP contribution in [0.1, 0.15) is 22.5 Å². The van der Waals surface area contributed by atoms with Crippen molar-refractivity contribution in [3.05, 3.63) is 59.3 Å². The number of carbonyl (C=O) groups excluding carboxylic acids is 2. The van der Waals surface area contributed by atoms with E-state index < -0.39 is 11.9 Å². The van der Waals surface area contributed by atoms with E-state index in [0.29, 0.717) is 50.4 Å². The molecule has 12 nitrogen and oxygen atoms in total. The van der Waals surface area contributed by atoms with Crippen molar-refractivity contribution < 1.29 is 22.8 Å². The highest BCUT2D eigenvalue weighted by Crippen LogP contribution is 2.36. The largest absolute Gasteiger partial charge is 0.433 e. The first-order chi connectivity index (χ1) is 20.1. The van der Waals surface area contributed by atoms with Crippen molar-refractivity contribution >= 4 is 40.6 Å². The summed E-state index contributed by atoms with van der Waals surface area (Å²) < 4.78 is 41.7. The summed E-state index contributed by atoms with van der Waals surface area (Å²) in [7, 11) is 0. The van der Waals surface area contributed by atoms with Crippen molar-refractivity contribution in [2.45, 2.75) is 24.7 Å². The Labute approximate surface area is 242 Å². The van der Waals surface area contributed by atoms with E-state index >= 15 is 0 Å². The normalized spacial score (nSPS) is 19.5. The molecule has 220 valence electrons. The third kappa shape index (κ3) is 5.26. The van der Waals surface area contributed by atoms with Gasteiger partial charge in [0.25, 0.3) is 5.91 Å². The van der Waals surface area contributed by atoms with Gasteiger partial charge in [-0.15, -0.1) is 0 Å². The van der Waals surface area contributed by atoms with E-state index in [1.807, 2.05) is 5.10 Å². The molecular weight excluding hydrogens is 577 g/mol. The van der Waals surface area contributed by atoms with Crippen LogP contribution in [0.15, 0.2) is 43.0 Å². The van der Waals surface area contributed by atoms with Gasteiger partial charge >= 0.3 is 6.18 Å². The third-order valence-corrected chi connectivity index (χ3v) is 7.74. The number of nitrogens with zero attached hydrogens (tertiary/aromatic N) is 6. The van der Waals surface area contributed by atoms with Crippen LogP contribution in [0.3, 0.4) is 0 Å². The van der Waals surface area contributed by atoms with Gasteiger partial charge in [0.2, 0.25) is 5.91 Å². The molecule has 0 radical (unpaired) electrons. The molecule has 0 aliphatic carbocycles. The number of nitrogens with one attached hydrogen (secondary N) is 3. The molecule has 2 fully saturated rings. The number of anilines is 2. The van der Waals surface area contributed by atoms with Crippen LogP contribution in [0.25, 0.3) is 16.9 Å². The van der Waals surface area contributed by atoms with Crippen molar-refractivity contribution in [3.8, 4) is 11.3 Å². The fourth-order valence-electron chi connectivity index (χ4n) is 5.28. The lowest BCUT2D eigenvalue weighted by Gasteiger charge is -2.36. The SMILES string of the molecule is N[C@H]1CN[C@H](C(=O)N2CCN(C(=O)c3ccc(Nc4nccn5c(-c6cn[nH]c6C(F)(F)F)cnc45)cc3Cl)CC2)C1. The average Bonchev–Trinajstić information content (AvgIpc) is 3.72. The number of hydrogen-bond acceptors (Lipinski definition) is 8. The van der Waals surface area contributed by atoms with E-state index in [0.717, 1.165) is 6.20 Å². The minimum Gasteiger partial charge on any atom is -0.338 e. The molecule has 2 amide bonds. The number of benzene rings is 1. The maximum atomic E-state index is 13.4. The van der Waals surface area contributed by atoms with Crippen LogP contribution in [0.2, 0.25) is 5.02 Å². The molecule has 2 aliphatic heterocycles. The first kappa shape index (κ1) is 27.9. The summed E-state index contributed by atoms with van der Waals surface area (Å²) >= 11 is 6.51. The number of carbonyl (C=O) groups is 2. The zero-order valence-electron chi connectivity index (χ0n) is 22.0. The predicted octanol–water partition coefficient (Wildman–Crippen LogP) is 2.51. The molecule has 0 unspecified atom stereocenters. The van der Waals surface area contributed by atoms with Gasteiger partial charge in [0.05, 0.1) is 40.3 Å². The Bertz CT molecular complexity index is 1650. The van der Waals surface area contributed by atoms with E-state index in [-0.39, 0.29) is 51.6 Å². The number of amides is 2. The first-order valence-electron chi connectivity index (χ1n) is 13.2. The van der Waals surface area contributed by atoms with Crippen molar-refractivity contribution in [1.29, 1.82) is 0 Å². The fourth-order valence-corrected chi connectivity index (χ4v) is 5.54. The molecule has 5 N–H and O–H groups in total. The van der Waals surface area contributed by atoms with E-state index in [9.17, 15) is 22.8 Å². The summed E-state index contributed by atoms with van der Waals surface area (Å²) in [6.45, 7) is 2.20. The third-order valence-electron chi connectivity index (χ3n) is 7.43. The van der Waals surface area contributed by atoms with Crippen LogP contribution in [-0.4, -0.2) is 91.0 Å². The summed E-state index contributed by atoms with van der Waals surface area (Å²) in [5.41, 5.74) is 6.03. The Morgan fingerprint density at radius 1 is 1.10 bits per heavy atom. The number of hydrogen-bond donors (Lipinski definition) is 4. The minimum absolute atomic E-state index is 0.00212. The van der Waals surface area contributed by atoms with Gasteiger partial charge in [-0.05, 0) is 24.6 Å². The zero-order chi connectivity index (χ0) is 29.6. The van der Waals surface area contributed by atoms with Gasteiger partial charge in [0.15, 0.2) is 11.5 Å². The van der Waals surface area contributed by atoms with Crippen LogP contribution in [0, 0.1) is 0 Å². The highest BCUT2D eigenvalue weighted by molar-refractivity contribution is 6.34. The number of halogens is 4. The number of piperazine rings is 1. The monoisotopic (exact) mass is 602 g/mol. The van der Waals surface area contributed by atoms with Crippen LogP contribution in [-0.2, 0) is 11.0 Å². The Morgan fingerprint density at radius 3 is 2.55 bits per heavy atom. The van der Waals surface area contributed by atoms with Gasteiger partial charge in [-0.1, -0.05) is 11.6 Å². The van der Waals surface area contributed by atoms with Crippen molar-refractivity contribution in [1.82, 2.24) is 39.7 Å². The number of H-pyrrole nitrogens is 1. The van der Waals surface area contributed by atoms with Crippen LogP contribution < -0.4 is 16.4 Å². The number of alkyl halides is 3. The molecule has 2 atom stereocenters. The summed E-state index contributed by atoms with van der Waals surface area (Å²) in [5.74, 6) is 0.0232. The average molecular weight is 603 g/mol. The Morgan fingerprint density at radius 2 is 1.86 bits per heavy atom. The van der Waals surface area contributed by atoms with Crippen LogP contribution >= 0.6 is 11.6 Å². The molecule has 4 aromatic rings. The number of rotatable bonds is 5. The highest BCUT2D eigenvalue weighted by Gasteiger charge is 2.37. The maximum Gasteiger partial charge on any atom is 0.433 e. The summed E-state index contributed by atoms with van der Waals surface area (Å²) in [6, 6.07) is 4.49. The Hall–Kier alpha value is -4.21. The summed E-state index contributed by atoms with van der Waals surface area (Å²) in [4.78, 5) is 37.9. The molecule has 16 heteroatoms. The smallest absolute Gasteiger partial charge is 0.338 e. The van der Waals surface area contributed by atoms with Gasteiger partial charge in [-0.2, -0.15) is 18.3 Å². The molecule has 0 bridgehead atoms. The van der Waals surface area contributed by atoms with Crippen molar-refractivity contribution in [2.24, 2.45) is 5.73 Å². The summed E-state index contributed by atoms with van der Waals surface area (Å²) in [6.07, 6.45) is 1.31. The van der Waals surface area contributed by atoms with Crippen LogP contribution in [0.5, 0.6) is 0 Å². The molecule has 6 rings (SSSR count). The lowest BCUT2D eigenvalue weighted by Crippen LogP contribution is -2.54. The van der Waals surface area contributed by atoms with E-state index in [1.54, 1.807) is 28.0 Å². The predicted molar refractivity (Wildman–Crippen MR) is 147 cm³/mol. The van der Waals surface area contributed by atoms with Crippen molar-refractivity contribution in [3.63, 3.8) is 0 Å². The van der Waals surface area contributed by atoms with E-state index in [1.165, 1.54) is 23.0 Å². The van der Waals surface area contributed by atoms with Gasteiger partial charge < -0.3 is 26.2 Å². The van der Waals surface area contributed by atoms with Crippen LogP contribution in [0.4, 0.5) is 24.7 Å². The molecule has 3 aromatic heterocycles. The number of nitrogens with two attached hydrogens (primary N) is 1. The number of fused-ring (bicyclic) bond motifs is 1. The molecule has 2 saturated heterocycles. The van der Waals surface area contributed by atoms with E-state index in [4.69, 9.17) is 17.3 Å². The van der Waals surface area contributed by atoms with Crippen molar-refractivity contribution in [2.75, 3.05) is 38.0 Å². The number of aromatic amines is 1. The second kappa shape index (κ2) is 10.9. The topological polar surface area (TPSA) is 150 Å². The molecule has 42 heavy (non-hydrogen) atoms. The number of aromatic nitrogens is 5. The Balaban J connectivity index is 1.15. The fraction of sp³-hybridized carbons (Fsp3) is 0.346. The molecule has 0 spiro atoms. The standard InChI is InChI=1S/C26H26ClF3N10O2/c27-18-10-15(1-2-16(18)24(41)38-5-7-39(8-6-38)25(42)19-9-14(31)11-33-19)36-22-23-34-13-20(40(23)4-3-32-22)17-12-35-37-21(17)26(28,29)30/h1-4,10,12-14,19,33H,5-9,11,31H2,(H,32,36)(H,35,37)/t14-,19+/m1/s1. The lowest BCUT2D eigenvalue weighted by atomic mass is 10.1. The number of imidazole rings is 1. The summed E-state index contributed by atoms with van der Waals surface area (Å²) in [5, 5.41) is 12.0. The first-order valence-corrected chi connectivity index (χ1v) is 13.5. The quantitative estimate of drug-likeness (QED) is 0.272. The Kier molecular flexibility index (Phi) is 7.24. The van der Waals surface area contributed by atoms with E-state index in [2.05, 4.69) is 25.7 Å². The molecule has 0 saturated carbocycles.